The molecule has 1 heterocycles. The number of carbonyl (C=O) groups is 1. The largest absolute Gasteiger partial charge is 0.435 e. The maximum Gasteiger partial charge on any atom is 0.387 e. The zero-order chi connectivity index (χ0) is 18.4. The van der Waals surface area contributed by atoms with Crippen LogP contribution >= 0.6 is 0 Å². The van der Waals surface area contributed by atoms with Gasteiger partial charge in [0.05, 0.1) is 12.7 Å². The highest BCUT2D eigenvalue weighted by atomic mass is 19.3. The number of hydrogen-bond acceptors (Lipinski definition) is 4. The second-order valence-electron chi connectivity index (χ2n) is 5.26. The fourth-order valence-corrected chi connectivity index (χ4v) is 2.31. The van der Waals surface area contributed by atoms with Crippen LogP contribution < -0.4 is 9.47 Å². The normalized spacial score (nSPS) is 18.2. The number of carbonyl (C=O) groups excluding carboxylic acids is 1. The van der Waals surface area contributed by atoms with E-state index in [1.165, 1.54) is 24.3 Å². The minimum atomic E-state index is -3.15. The molecule has 1 fully saturated rings. The fraction of sp³-hybridized carbons (Fsp3) is 0.438. The van der Waals surface area contributed by atoms with Crippen molar-refractivity contribution >= 4 is 12.0 Å². The van der Waals surface area contributed by atoms with Crippen molar-refractivity contribution in [2.75, 3.05) is 19.7 Å². The van der Waals surface area contributed by atoms with E-state index in [1.54, 1.807) is 4.90 Å². The Hall–Kier alpha value is -2.29. The molecule has 1 saturated heterocycles. The average Bonchev–Trinajstić information content (AvgIpc) is 2.52. The number of nitrogens with zero attached hydrogens (tertiary/aromatic N) is 1. The summed E-state index contributed by atoms with van der Waals surface area (Å²) < 4.78 is 63.2. The zero-order valence-electron chi connectivity index (χ0n) is 13.3. The molecule has 2 rings (SSSR count). The molecule has 1 unspecified atom stereocenters. The summed E-state index contributed by atoms with van der Waals surface area (Å²) in [7, 11) is 0. The predicted octanol–water partition coefficient (Wildman–Crippen LogP) is 3.15. The van der Waals surface area contributed by atoms with Crippen LogP contribution in [-0.2, 0) is 9.53 Å². The highest BCUT2D eigenvalue weighted by Crippen LogP contribution is 2.28. The van der Waals surface area contributed by atoms with Crippen LogP contribution in [0.1, 0.15) is 12.5 Å². The Morgan fingerprint density at radius 3 is 2.64 bits per heavy atom. The molecule has 5 nitrogen and oxygen atoms in total. The molecule has 0 radical (unpaired) electrons. The van der Waals surface area contributed by atoms with Crippen molar-refractivity contribution in [3.05, 3.63) is 29.8 Å². The summed E-state index contributed by atoms with van der Waals surface area (Å²) in [5.74, 6) is -1.00. The van der Waals surface area contributed by atoms with E-state index in [2.05, 4.69) is 9.47 Å². The van der Waals surface area contributed by atoms with Crippen LogP contribution in [0.3, 0.4) is 0 Å². The maximum absolute atomic E-state index is 12.5. The molecule has 1 aliphatic heterocycles. The Balaban J connectivity index is 2.14. The van der Waals surface area contributed by atoms with Crippen molar-refractivity contribution in [1.29, 1.82) is 0 Å². The van der Waals surface area contributed by atoms with Crippen LogP contribution in [0.2, 0.25) is 0 Å². The molecule has 1 atom stereocenters. The van der Waals surface area contributed by atoms with Crippen molar-refractivity contribution in [1.82, 2.24) is 4.90 Å². The van der Waals surface area contributed by atoms with Crippen molar-refractivity contribution in [3.8, 4) is 11.5 Å². The number of benzene rings is 1. The van der Waals surface area contributed by atoms with Gasteiger partial charge in [-0.2, -0.15) is 17.6 Å². The van der Waals surface area contributed by atoms with Crippen LogP contribution in [-0.4, -0.2) is 49.8 Å². The third kappa shape index (κ3) is 5.93. The third-order valence-corrected chi connectivity index (χ3v) is 3.38. The highest BCUT2D eigenvalue weighted by molar-refractivity contribution is 5.92. The first-order valence-corrected chi connectivity index (χ1v) is 7.47. The lowest BCUT2D eigenvalue weighted by atomic mass is 10.1. The second kappa shape index (κ2) is 8.70. The molecule has 25 heavy (non-hydrogen) atoms. The molecule has 0 aromatic heterocycles. The van der Waals surface area contributed by atoms with E-state index in [0.29, 0.717) is 19.7 Å². The van der Waals surface area contributed by atoms with E-state index >= 15 is 0 Å². The summed E-state index contributed by atoms with van der Waals surface area (Å²) in [6.45, 7) is -3.14. The number of hydrogen-bond donors (Lipinski definition) is 0. The molecule has 0 spiro atoms. The van der Waals surface area contributed by atoms with E-state index in [9.17, 15) is 22.4 Å². The molecule has 0 saturated carbocycles. The first-order chi connectivity index (χ1) is 11.8. The van der Waals surface area contributed by atoms with Gasteiger partial charge in [-0.25, -0.2) is 0 Å². The monoisotopic (exact) mass is 363 g/mol. The van der Waals surface area contributed by atoms with E-state index in [0.717, 1.165) is 6.07 Å². The number of ether oxygens (including phenoxy) is 3. The minimum Gasteiger partial charge on any atom is -0.435 e. The zero-order valence-corrected chi connectivity index (χ0v) is 13.3. The standard InChI is InChI=1S/C16H17F4NO4/c1-10-9-21(6-7-23-10)14(22)5-3-11-2-4-12(24-15(17)18)8-13(11)25-16(19)20/h2-5,8,10,15-16H,6-7,9H2,1H3/b5-3+. The minimum absolute atomic E-state index is 0.0883. The predicted molar refractivity (Wildman–Crippen MR) is 80.7 cm³/mol. The molecule has 0 aliphatic carbocycles. The van der Waals surface area contributed by atoms with E-state index in [-0.39, 0.29) is 29.1 Å². The number of alkyl halides is 4. The quantitative estimate of drug-likeness (QED) is 0.576. The van der Waals surface area contributed by atoms with Crippen LogP contribution in [0.5, 0.6) is 11.5 Å². The van der Waals surface area contributed by atoms with Crippen LogP contribution in [0.4, 0.5) is 17.6 Å². The molecule has 1 aromatic rings. The molecule has 1 aliphatic rings. The molecular weight excluding hydrogens is 346 g/mol. The Morgan fingerprint density at radius 2 is 2.00 bits per heavy atom. The Bertz CT molecular complexity index is 624. The van der Waals surface area contributed by atoms with E-state index < -0.39 is 13.2 Å². The summed E-state index contributed by atoms with van der Waals surface area (Å²) in [4.78, 5) is 13.7. The molecule has 1 amide bonds. The molecule has 9 heteroatoms. The summed E-state index contributed by atoms with van der Waals surface area (Å²) in [5, 5.41) is 0. The van der Waals surface area contributed by atoms with Gasteiger partial charge in [-0.05, 0) is 25.1 Å². The Kier molecular flexibility index (Phi) is 6.63. The highest BCUT2D eigenvalue weighted by Gasteiger charge is 2.20. The Labute approximate surface area is 141 Å². The maximum atomic E-state index is 12.5. The van der Waals surface area contributed by atoms with Crippen LogP contribution in [0.25, 0.3) is 6.08 Å². The van der Waals surface area contributed by atoms with Crippen molar-refractivity contribution < 1.29 is 36.6 Å². The first kappa shape index (κ1) is 19.0. The smallest absolute Gasteiger partial charge is 0.387 e. The van der Waals surface area contributed by atoms with Crippen molar-refractivity contribution in [2.45, 2.75) is 26.3 Å². The van der Waals surface area contributed by atoms with Crippen molar-refractivity contribution in [3.63, 3.8) is 0 Å². The summed E-state index contributed by atoms with van der Waals surface area (Å²) in [6.07, 6.45) is 2.40. The van der Waals surface area contributed by atoms with Gasteiger partial charge in [0.1, 0.15) is 11.5 Å². The van der Waals surface area contributed by atoms with Gasteiger partial charge in [0, 0.05) is 30.8 Å². The van der Waals surface area contributed by atoms with Gasteiger partial charge in [-0.1, -0.05) is 0 Å². The lowest BCUT2D eigenvalue weighted by Gasteiger charge is -2.30. The van der Waals surface area contributed by atoms with Crippen molar-refractivity contribution in [2.24, 2.45) is 0 Å². The van der Waals surface area contributed by atoms with E-state index in [4.69, 9.17) is 4.74 Å². The lowest BCUT2D eigenvalue weighted by molar-refractivity contribution is -0.132. The first-order valence-electron chi connectivity index (χ1n) is 7.47. The fourth-order valence-electron chi connectivity index (χ4n) is 2.31. The molecule has 138 valence electrons. The Morgan fingerprint density at radius 1 is 1.28 bits per heavy atom. The van der Waals surface area contributed by atoms with Gasteiger partial charge in [-0.15, -0.1) is 0 Å². The summed E-state index contributed by atoms with van der Waals surface area (Å²) >= 11 is 0. The van der Waals surface area contributed by atoms with E-state index in [1.807, 2.05) is 6.92 Å². The van der Waals surface area contributed by atoms with Crippen LogP contribution in [0.15, 0.2) is 24.3 Å². The summed E-state index contributed by atoms with van der Waals surface area (Å²) in [5.41, 5.74) is 0.136. The van der Waals surface area contributed by atoms with Gasteiger partial charge in [-0.3, -0.25) is 4.79 Å². The van der Waals surface area contributed by atoms with Gasteiger partial charge in [0.25, 0.3) is 0 Å². The molecular formula is C16H17F4NO4. The number of morpholine rings is 1. The average molecular weight is 363 g/mol. The van der Waals surface area contributed by atoms with Gasteiger partial charge >= 0.3 is 13.2 Å². The van der Waals surface area contributed by atoms with Gasteiger partial charge in [0.2, 0.25) is 5.91 Å². The molecule has 1 aromatic carbocycles. The molecule has 0 bridgehead atoms. The summed E-state index contributed by atoms with van der Waals surface area (Å²) in [6, 6.07) is 3.34. The number of halogens is 4. The topological polar surface area (TPSA) is 48.0 Å². The number of amides is 1. The SMILES string of the molecule is CC1CN(C(=O)/C=C/c2ccc(OC(F)F)cc2OC(F)F)CCO1. The number of rotatable bonds is 6. The second-order valence-corrected chi connectivity index (χ2v) is 5.26. The van der Waals surface area contributed by atoms with Crippen LogP contribution in [0, 0.1) is 0 Å². The lowest BCUT2D eigenvalue weighted by Crippen LogP contribution is -2.43. The van der Waals surface area contributed by atoms with Gasteiger partial charge in [0.15, 0.2) is 0 Å². The van der Waals surface area contributed by atoms with Gasteiger partial charge < -0.3 is 19.1 Å². The molecule has 0 N–H and O–H groups in total. The third-order valence-electron chi connectivity index (χ3n) is 3.38.